The van der Waals surface area contributed by atoms with Gasteiger partial charge in [-0.25, -0.2) is 4.98 Å². The number of hydrogen-bond acceptors (Lipinski definition) is 10. The van der Waals surface area contributed by atoms with Gasteiger partial charge in [-0.2, -0.15) is 0 Å². The Morgan fingerprint density at radius 2 is 1.91 bits per heavy atom. The highest BCUT2D eigenvalue weighted by Crippen LogP contribution is 2.47. The second kappa shape index (κ2) is 11.9. The van der Waals surface area contributed by atoms with E-state index >= 15 is 0 Å². The van der Waals surface area contributed by atoms with Crippen molar-refractivity contribution >= 4 is 78.9 Å². The van der Waals surface area contributed by atoms with Crippen LogP contribution in [0.25, 0.3) is 11.4 Å². The number of aromatic hydroxyl groups is 1. The van der Waals surface area contributed by atoms with E-state index in [1.165, 1.54) is 29.8 Å². The van der Waals surface area contributed by atoms with Crippen LogP contribution in [0.5, 0.6) is 11.5 Å². The first-order valence-electron chi connectivity index (χ1n) is 13.1. The SMILES string of the molecule is COc1cc(C2C(=C(O)c3nc4c(C)cccn4c3C)C(=O)C(=O)N2c2nnc(SCc3ccc(Cl)cc3)s2)cc(Br)c1O. The summed E-state index contributed by atoms with van der Waals surface area (Å²) in [4.78, 5) is 33.3. The van der Waals surface area contributed by atoms with Gasteiger partial charge in [0, 0.05) is 17.0 Å². The number of aryl methyl sites for hydroxylation is 2. The number of Topliss-reactive ketones (excluding diaryl/α,β-unsaturated/α-hetero) is 1. The molecule has 0 aliphatic carbocycles. The molecule has 5 aromatic rings. The van der Waals surface area contributed by atoms with Crippen molar-refractivity contribution in [1.29, 1.82) is 0 Å². The third-order valence-corrected chi connectivity index (χ3v) is 10.2. The Kier molecular flexibility index (Phi) is 8.14. The molecule has 4 heterocycles. The van der Waals surface area contributed by atoms with E-state index in [9.17, 15) is 19.8 Å². The van der Waals surface area contributed by atoms with Gasteiger partial charge in [0.15, 0.2) is 21.6 Å². The maximum Gasteiger partial charge on any atom is 0.301 e. The first-order chi connectivity index (χ1) is 21.1. The summed E-state index contributed by atoms with van der Waals surface area (Å²) in [6, 6.07) is 13.1. The summed E-state index contributed by atoms with van der Waals surface area (Å²) in [7, 11) is 1.39. The molecule has 2 N–H and O–H groups in total. The zero-order valence-electron chi connectivity index (χ0n) is 23.4. The standard InChI is InChI=1S/C30H23BrClN5O5S2/c1-14-5-4-10-36-15(2)22(33-27(14)36)25(39)21-23(17-11-19(31)24(38)20(12-17)42-3)37(28(41)26(21)40)29-34-35-30(44-29)43-13-16-6-8-18(32)9-7-16/h4-12,23,38-39H,13H2,1-3H3. The Balaban J connectivity index is 1.48. The number of rotatable bonds is 7. The van der Waals surface area contributed by atoms with Crippen LogP contribution in [0, 0.1) is 13.8 Å². The van der Waals surface area contributed by atoms with Crippen molar-refractivity contribution in [3.05, 3.63) is 97.9 Å². The molecule has 10 nitrogen and oxygen atoms in total. The molecule has 14 heteroatoms. The van der Waals surface area contributed by atoms with Gasteiger partial charge in [0.2, 0.25) is 5.13 Å². The number of anilines is 1. The van der Waals surface area contributed by atoms with Gasteiger partial charge in [-0.05, 0) is 76.8 Å². The van der Waals surface area contributed by atoms with Crippen LogP contribution in [0.2, 0.25) is 5.02 Å². The van der Waals surface area contributed by atoms with E-state index in [0.29, 0.717) is 32.0 Å². The number of aliphatic hydroxyl groups is 1. The molecule has 0 saturated carbocycles. The lowest BCUT2D eigenvalue weighted by atomic mass is 9.96. The van der Waals surface area contributed by atoms with E-state index in [0.717, 1.165) is 22.5 Å². The molecule has 224 valence electrons. The first kappa shape index (κ1) is 30.1. The average molecular weight is 713 g/mol. The van der Waals surface area contributed by atoms with E-state index < -0.39 is 23.5 Å². The molecule has 0 bridgehead atoms. The second-order valence-corrected chi connectivity index (χ2v) is 13.4. The van der Waals surface area contributed by atoms with E-state index in [1.807, 2.05) is 41.8 Å². The fourth-order valence-corrected chi connectivity index (χ4v) is 7.42. The number of aromatic nitrogens is 4. The summed E-state index contributed by atoms with van der Waals surface area (Å²) in [5, 5.41) is 31.5. The lowest BCUT2D eigenvalue weighted by Gasteiger charge is -2.23. The van der Waals surface area contributed by atoms with Crippen LogP contribution in [-0.4, -0.2) is 48.6 Å². The van der Waals surface area contributed by atoms with Crippen LogP contribution < -0.4 is 9.64 Å². The minimum atomic E-state index is -1.13. The van der Waals surface area contributed by atoms with Crippen molar-refractivity contribution < 1.29 is 24.5 Å². The highest BCUT2D eigenvalue weighted by atomic mass is 79.9. The first-order valence-corrected chi connectivity index (χ1v) is 16.1. The minimum Gasteiger partial charge on any atom is -0.505 e. The van der Waals surface area contributed by atoms with Crippen molar-refractivity contribution in [3.8, 4) is 11.5 Å². The topological polar surface area (TPSA) is 130 Å². The van der Waals surface area contributed by atoms with Crippen molar-refractivity contribution in [1.82, 2.24) is 19.6 Å². The van der Waals surface area contributed by atoms with E-state index in [4.69, 9.17) is 16.3 Å². The number of halogens is 2. The quantitative estimate of drug-likeness (QED) is 0.0612. The number of carbonyl (C=O) groups excluding carboxylic acids is 2. The molecule has 1 aliphatic heterocycles. The van der Waals surface area contributed by atoms with Crippen LogP contribution in [-0.2, 0) is 15.3 Å². The molecular formula is C30H23BrClN5O5S2. The van der Waals surface area contributed by atoms with Crippen molar-refractivity contribution in [2.45, 2.75) is 30.0 Å². The summed E-state index contributed by atoms with van der Waals surface area (Å²) in [6.45, 7) is 3.66. The third-order valence-electron chi connectivity index (χ3n) is 7.22. The molecule has 2 aromatic carbocycles. The van der Waals surface area contributed by atoms with Crippen molar-refractivity contribution in [2.75, 3.05) is 12.0 Å². The van der Waals surface area contributed by atoms with Crippen LogP contribution in [0.4, 0.5) is 5.13 Å². The Bertz CT molecular complexity index is 1990. The number of carbonyl (C=O) groups is 2. The van der Waals surface area contributed by atoms with Crippen molar-refractivity contribution in [2.24, 2.45) is 0 Å². The van der Waals surface area contributed by atoms with Gasteiger partial charge in [0.05, 0.1) is 28.9 Å². The number of phenolic OH excluding ortho intramolecular Hbond substituents is 1. The molecule has 1 unspecified atom stereocenters. The zero-order valence-corrected chi connectivity index (χ0v) is 27.4. The highest BCUT2D eigenvalue weighted by molar-refractivity contribution is 9.10. The van der Waals surface area contributed by atoms with Crippen LogP contribution in [0.15, 0.2) is 69.1 Å². The number of thioether (sulfide) groups is 1. The largest absolute Gasteiger partial charge is 0.505 e. The van der Waals surface area contributed by atoms with Gasteiger partial charge in [-0.3, -0.25) is 14.5 Å². The molecule has 0 radical (unpaired) electrons. The molecule has 1 atom stereocenters. The Hall–Kier alpha value is -3.91. The maximum atomic E-state index is 13.7. The number of amides is 1. The van der Waals surface area contributed by atoms with E-state index in [2.05, 4.69) is 31.1 Å². The summed E-state index contributed by atoms with van der Waals surface area (Å²) in [5.41, 5.74) is 3.47. The molecular weight excluding hydrogens is 690 g/mol. The van der Waals surface area contributed by atoms with Gasteiger partial charge >= 0.3 is 5.91 Å². The average Bonchev–Trinajstić information content (AvgIpc) is 3.69. The van der Waals surface area contributed by atoms with Gasteiger partial charge in [0.25, 0.3) is 5.78 Å². The van der Waals surface area contributed by atoms with Crippen molar-refractivity contribution in [3.63, 3.8) is 0 Å². The normalized spacial score (nSPS) is 16.3. The van der Waals surface area contributed by atoms with E-state index in [1.54, 1.807) is 25.1 Å². The molecule has 1 fully saturated rings. The second-order valence-electron chi connectivity index (χ2n) is 9.92. The maximum absolute atomic E-state index is 13.7. The molecule has 6 rings (SSSR count). The Morgan fingerprint density at radius 3 is 2.61 bits per heavy atom. The zero-order chi connectivity index (χ0) is 31.3. The van der Waals surface area contributed by atoms with Gasteiger partial charge in [-0.15, -0.1) is 10.2 Å². The van der Waals surface area contributed by atoms with Gasteiger partial charge < -0.3 is 19.4 Å². The number of methoxy groups -OCH3 is 1. The fraction of sp³-hybridized carbons (Fsp3) is 0.167. The number of benzene rings is 2. The minimum absolute atomic E-state index is 0.107. The van der Waals surface area contributed by atoms with Gasteiger partial charge in [0.1, 0.15) is 11.3 Å². The number of nitrogens with zero attached hydrogens (tertiary/aromatic N) is 5. The molecule has 44 heavy (non-hydrogen) atoms. The number of hydrogen-bond donors (Lipinski definition) is 2. The summed E-state index contributed by atoms with van der Waals surface area (Å²) >= 11 is 11.9. The van der Waals surface area contributed by atoms with Crippen LogP contribution in [0.3, 0.4) is 0 Å². The number of aliphatic hydroxyl groups excluding tert-OH is 1. The summed E-state index contributed by atoms with van der Waals surface area (Å²) < 4.78 is 8.02. The number of ether oxygens (including phenoxy) is 1. The number of ketones is 1. The third kappa shape index (κ3) is 5.23. The predicted molar refractivity (Wildman–Crippen MR) is 173 cm³/mol. The molecule has 3 aromatic heterocycles. The Labute approximate surface area is 273 Å². The number of fused-ring (bicyclic) bond motifs is 1. The Morgan fingerprint density at radius 1 is 1.16 bits per heavy atom. The lowest BCUT2D eigenvalue weighted by Crippen LogP contribution is -2.29. The fourth-order valence-electron chi connectivity index (χ4n) is 5.01. The van der Waals surface area contributed by atoms with Crippen LogP contribution in [0.1, 0.15) is 34.1 Å². The summed E-state index contributed by atoms with van der Waals surface area (Å²) in [6.07, 6.45) is 1.81. The van der Waals surface area contributed by atoms with Crippen LogP contribution >= 0.6 is 50.6 Å². The molecule has 1 aliphatic rings. The molecule has 1 amide bonds. The number of imidazole rings is 1. The molecule has 0 spiro atoms. The number of pyridine rings is 1. The lowest BCUT2D eigenvalue weighted by molar-refractivity contribution is -0.132. The predicted octanol–water partition coefficient (Wildman–Crippen LogP) is 6.85. The summed E-state index contributed by atoms with van der Waals surface area (Å²) in [5.74, 6) is -1.69. The highest BCUT2D eigenvalue weighted by Gasteiger charge is 2.49. The molecule has 1 saturated heterocycles. The number of phenols is 1. The monoisotopic (exact) mass is 711 g/mol. The van der Waals surface area contributed by atoms with E-state index in [-0.39, 0.29) is 32.4 Å². The smallest absolute Gasteiger partial charge is 0.301 e. The van der Waals surface area contributed by atoms with Gasteiger partial charge in [-0.1, -0.05) is 52.9 Å².